The SMILES string of the molecule is Clc1ccc(COc2nccc(Br)n2)cc1. The van der Waals surface area contributed by atoms with Crippen LogP contribution in [0.5, 0.6) is 6.01 Å². The van der Waals surface area contributed by atoms with Gasteiger partial charge >= 0.3 is 6.01 Å². The number of ether oxygens (including phenoxy) is 1. The van der Waals surface area contributed by atoms with E-state index < -0.39 is 0 Å². The van der Waals surface area contributed by atoms with Crippen molar-refractivity contribution in [2.45, 2.75) is 6.61 Å². The van der Waals surface area contributed by atoms with Gasteiger partial charge in [-0.25, -0.2) is 4.98 Å². The molecule has 0 N–H and O–H groups in total. The number of aromatic nitrogens is 2. The van der Waals surface area contributed by atoms with E-state index in [9.17, 15) is 0 Å². The summed E-state index contributed by atoms with van der Waals surface area (Å²) in [7, 11) is 0. The lowest BCUT2D eigenvalue weighted by Crippen LogP contribution is -1.99. The summed E-state index contributed by atoms with van der Waals surface area (Å²) in [5.74, 6) is 0. The highest BCUT2D eigenvalue weighted by atomic mass is 79.9. The van der Waals surface area contributed by atoms with Gasteiger partial charge in [-0.2, -0.15) is 4.98 Å². The Morgan fingerprint density at radius 2 is 1.94 bits per heavy atom. The Morgan fingerprint density at radius 1 is 1.19 bits per heavy atom. The molecule has 82 valence electrons. The molecule has 0 bridgehead atoms. The summed E-state index contributed by atoms with van der Waals surface area (Å²) in [4.78, 5) is 8.05. The second kappa shape index (κ2) is 5.27. The Balaban J connectivity index is 1.99. The zero-order chi connectivity index (χ0) is 11.4. The predicted octanol–water partition coefficient (Wildman–Crippen LogP) is 3.47. The van der Waals surface area contributed by atoms with Crippen molar-refractivity contribution in [1.82, 2.24) is 9.97 Å². The predicted molar refractivity (Wildman–Crippen MR) is 65.5 cm³/mol. The van der Waals surface area contributed by atoms with Crippen molar-refractivity contribution < 1.29 is 4.74 Å². The van der Waals surface area contributed by atoms with Crippen molar-refractivity contribution in [2.75, 3.05) is 0 Å². The molecule has 1 aromatic carbocycles. The van der Waals surface area contributed by atoms with E-state index in [2.05, 4.69) is 25.9 Å². The first-order valence-electron chi connectivity index (χ1n) is 4.60. The zero-order valence-corrected chi connectivity index (χ0v) is 10.6. The topological polar surface area (TPSA) is 35.0 Å². The first kappa shape index (κ1) is 11.4. The highest BCUT2D eigenvalue weighted by Gasteiger charge is 1.99. The molecule has 2 rings (SSSR count). The van der Waals surface area contributed by atoms with Crippen molar-refractivity contribution >= 4 is 27.5 Å². The van der Waals surface area contributed by atoms with Crippen LogP contribution in [0.3, 0.4) is 0 Å². The summed E-state index contributed by atoms with van der Waals surface area (Å²) in [6.07, 6.45) is 1.63. The number of hydrogen-bond donors (Lipinski definition) is 0. The molecule has 0 spiro atoms. The van der Waals surface area contributed by atoms with Gasteiger partial charge in [-0.15, -0.1) is 0 Å². The van der Waals surface area contributed by atoms with Crippen molar-refractivity contribution in [3.8, 4) is 6.01 Å². The lowest BCUT2D eigenvalue weighted by atomic mass is 10.2. The number of hydrogen-bond acceptors (Lipinski definition) is 3. The average molecular weight is 300 g/mol. The minimum atomic E-state index is 0.351. The second-order valence-corrected chi connectivity index (χ2v) is 4.33. The zero-order valence-electron chi connectivity index (χ0n) is 8.23. The number of benzene rings is 1. The molecule has 0 amide bonds. The molecular weight excluding hydrogens is 291 g/mol. The molecule has 0 aliphatic heterocycles. The molecule has 0 aliphatic carbocycles. The molecule has 0 radical (unpaired) electrons. The summed E-state index contributed by atoms with van der Waals surface area (Å²) in [5, 5.41) is 0.711. The normalized spacial score (nSPS) is 10.1. The van der Waals surface area contributed by atoms with E-state index in [0.717, 1.165) is 5.56 Å². The second-order valence-electron chi connectivity index (χ2n) is 3.08. The van der Waals surface area contributed by atoms with E-state index in [1.165, 1.54) is 0 Å². The van der Waals surface area contributed by atoms with Crippen LogP contribution in [0.1, 0.15) is 5.56 Å². The van der Waals surface area contributed by atoms with Gasteiger partial charge in [-0.3, -0.25) is 0 Å². The molecule has 0 saturated carbocycles. The van der Waals surface area contributed by atoms with Gasteiger partial charge in [0.25, 0.3) is 0 Å². The van der Waals surface area contributed by atoms with Crippen LogP contribution in [-0.4, -0.2) is 9.97 Å². The summed E-state index contributed by atoms with van der Waals surface area (Å²) in [5.41, 5.74) is 1.02. The highest BCUT2D eigenvalue weighted by Crippen LogP contribution is 2.13. The van der Waals surface area contributed by atoms with Crippen LogP contribution >= 0.6 is 27.5 Å². The highest BCUT2D eigenvalue weighted by molar-refractivity contribution is 9.10. The third kappa shape index (κ3) is 3.18. The van der Waals surface area contributed by atoms with E-state index in [-0.39, 0.29) is 0 Å². The minimum absolute atomic E-state index is 0.351. The standard InChI is InChI=1S/C11H8BrClN2O/c12-10-5-6-14-11(15-10)16-7-8-1-3-9(13)4-2-8/h1-6H,7H2. The van der Waals surface area contributed by atoms with E-state index in [1.807, 2.05) is 24.3 Å². The van der Waals surface area contributed by atoms with Gasteiger partial charge in [0.1, 0.15) is 11.2 Å². The fourth-order valence-electron chi connectivity index (χ4n) is 1.12. The molecule has 3 nitrogen and oxygen atoms in total. The van der Waals surface area contributed by atoms with Crippen LogP contribution in [0.15, 0.2) is 41.1 Å². The van der Waals surface area contributed by atoms with Crippen molar-refractivity contribution in [1.29, 1.82) is 0 Å². The number of nitrogens with zero attached hydrogens (tertiary/aromatic N) is 2. The maximum atomic E-state index is 5.78. The lowest BCUT2D eigenvalue weighted by Gasteiger charge is -2.04. The van der Waals surface area contributed by atoms with E-state index in [4.69, 9.17) is 16.3 Å². The van der Waals surface area contributed by atoms with Gasteiger partial charge in [0.15, 0.2) is 0 Å². The molecule has 1 aromatic heterocycles. The average Bonchev–Trinajstić information content (AvgIpc) is 2.28. The molecule has 0 unspecified atom stereocenters. The first-order chi connectivity index (χ1) is 7.74. The van der Waals surface area contributed by atoms with Gasteiger partial charge in [0.2, 0.25) is 0 Å². The molecule has 0 aliphatic rings. The number of halogens is 2. The van der Waals surface area contributed by atoms with Gasteiger partial charge in [-0.1, -0.05) is 23.7 Å². The molecule has 0 atom stereocenters. The van der Waals surface area contributed by atoms with Crippen molar-refractivity contribution in [3.63, 3.8) is 0 Å². The Morgan fingerprint density at radius 3 is 2.62 bits per heavy atom. The molecule has 5 heteroatoms. The molecule has 1 heterocycles. The van der Waals surface area contributed by atoms with Crippen LogP contribution in [0.4, 0.5) is 0 Å². The van der Waals surface area contributed by atoms with Gasteiger partial charge in [0.05, 0.1) is 0 Å². The van der Waals surface area contributed by atoms with E-state index in [0.29, 0.717) is 22.2 Å². The van der Waals surface area contributed by atoms with Gasteiger partial charge in [-0.05, 0) is 39.7 Å². The quantitative estimate of drug-likeness (QED) is 0.814. The summed E-state index contributed by atoms with van der Waals surface area (Å²) < 4.78 is 6.12. The smallest absolute Gasteiger partial charge is 0.317 e. The molecule has 2 aromatic rings. The third-order valence-electron chi connectivity index (χ3n) is 1.88. The fraction of sp³-hybridized carbons (Fsp3) is 0.0909. The summed E-state index contributed by atoms with van der Waals surface area (Å²) in [6.45, 7) is 0.424. The van der Waals surface area contributed by atoms with Crippen LogP contribution in [0.2, 0.25) is 5.02 Å². The van der Waals surface area contributed by atoms with Crippen molar-refractivity contribution in [2.24, 2.45) is 0 Å². The first-order valence-corrected chi connectivity index (χ1v) is 5.77. The van der Waals surface area contributed by atoms with Crippen LogP contribution in [-0.2, 0) is 6.61 Å². The Labute approximate surface area is 107 Å². The largest absolute Gasteiger partial charge is 0.459 e. The Bertz CT molecular complexity index is 476. The molecule has 16 heavy (non-hydrogen) atoms. The van der Waals surface area contributed by atoms with Crippen molar-refractivity contribution in [3.05, 3.63) is 51.7 Å². The van der Waals surface area contributed by atoms with E-state index >= 15 is 0 Å². The summed E-state index contributed by atoms with van der Waals surface area (Å²) in [6, 6.07) is 9.55. The maximum absolute atomic E-state index is 5.78. The Hall–Kier alpha value is -1.13. The van der Waals surface area contributed by atoms with Gasteiger partial charge in [0, 0.05) is 11.2 Å². The number of rotatable bonds is 3. The Kier molecular flexibility index (Phi) is 3.74. The van der Waals surface area contributed by atoms with Crippen LogP contribution in [0, 0.1) is 0 Å². The van der Waals surface area contributed by atoms with E-state index in [1.54, 1.807) is 12.3 Å². The van der Waals surface area contributed by atoms with Gasteiger partial charge < -0.3 is 4.74 Å². The molecular formula is C11H8BrClN2O. The summed E-state index contributed by atoms with van der Waals surface area (Å²) >= 11 is 9.03. The monoisotopic (exact) mass is 298 g/mol. The molecule has 0 saturated heterocycles. The van der Waals surface area contributed by atoms with Crippen LogP contribution < -0.4 is 4.74 Å². The molecule has 0 fully saturated rings. The van der Waals surface area contributed by atoms with Crippen LogP contribution in [0.25, 0.3) is 0 Å². The lowest BCUT2D eigenvalue weighted by molar-refractivity contribution is 0.280. The maximum Gasteiger partial charge on any atom is 0.317 e. The fourth-order valence-corrected chi connectivity index (χ4v) is 1.51. The minimum Gasteiger partial charge on any atom is -0.459 e. The third-order valence-corrected chi connectivity index (χ3v) is 2.57.